The minimum Gasteiger partial charge on any atom is -0.253 e. The number of aromatic nitrogens is 1. The molecule has 0 aliphatic carbocycles. The Labute approximate surface area is 109 Å². The maximum atomic E-state index is 5.99. The van der Waals surface area contributed by atoms with Gasteiger partial charge in [0.25, 0.3) is 0 Å². The normalized spacial score (nSPS) is 10.4. The average Bonchev–Trinajstić information content (AvgIpc) is 2.29. The summed E-state index contributed by atoms with van der Waals surface area (Å²) in [7, 11) is 0. The Balaban J connectivity index is 2.58. The van der Waals surface area contributed by atoms with Gasteiger partial charge < -0.3 is 0 Å². The SMILES string of the molecule is Cc1ccc(CBr)c(-c2cccc(Cl)c2)n1. The molecule has 0 spiro atoms. The van der Waals surface area contributed by atoms with E-state index in [4.69, 9.17) is 11.6 Å². The summed E-state index contributed by atoms with van der Waals surface area (Å²) in [6, 6.07) is 11.9. The van der Waals surface area contributed by atoms with E-state index in [1.54, 1.807) is 0 Å². The van der Waals surface area contributed by atoms with Crippen LogP contribution in [0.4, 0.5) is 0 Å². The van der Waals surface area contributed by atoms with Crippen LogP contribution in [0.3, 0.4) is 0 Å². The minimum atomic E-state index is 0.737. The molecule has 0 saturated heterocycles. The molecule has 0 fully saturated rings. The molecular formula is C13H11BrClN. The van der Waals surface area contributed by atoms with Crippen LogP contribution < -0.4 is 0 Å². The van der Waals surface area contributed by atoms with Crippen molar-refractivity contribution in [3.8, 4) is 11.3 Å². The summed E-state index contributed by atoms with van der Waals surface area (Å²) in [5.74, 6) is 0. The molecule has 2 rings (SSSR count). The van der Waals surface area contributed by atoms with Gasteiger partial charge in [-0.15, -0.1) is 0 Å². The molecule has 0 N–H and O–H groups in total. The number of alkyl halides is 1. The van der Waals surface area contributed by atoms with E-state index >= 15 is 0 Å². The van der Waals surface area contributed by atoms with Gasteiger partial charge in [0.2, 0.25) is 0 Å². The number of hydrogen-bond acceptors (Lipinski definition) is 1. The van der Waals surface area contributed by atoms with Crippen molar-refractivity contribution in [2.75, 3.05) is 0 Å². The molecule has 3 heteroatoms. The Hall–Kier alpha value is -0.860. The number of halogens is 2. The van der Waals surface area contributed by atoms with Crippen LogP contribution in [0, 0.1) is 6.92 Å². The van der Waals surface area contributed by atoms with E-state index in [0.717, 1.165) is 27.3 Å². The summed E-state index contributed by atoms with van der Waals surface area (Å²) in [6.07, 6.45) is 0. The molecule has 0 aliphatic rings. The number of rotatable bonds is 2. The van der Waals surface area contributed by atoms with Crippen LogP contribution in [-0.2, 0) is 5.33 Å². The number of aryl methyl sites for hydroxylation is 1. The van der Waals surface area contributed by atoms with Gasteiger partial charge in [-0.25, -0.2) is 0 Å². The van der Waals surface area contributed by atoms with Crippen molar-refractivity contribution >= 4 is 27.5 Å². The molecule has 0 unspecified atom stereocenters. The van der Waals surface area contributed by atoms with Crippen LogP contribution >= 0.6 is 27.5 Å². The average molecular weight is 297 g/mol. The first kappa shape index (κ1) is 11.6. The lowest BCUT2D eigenvalue weighted by molar-refractivity contribution is 1.17. The Morgan fingerprint density at radius 3 is 2.75 bits per heavy atom. The third kappa shape index (κ3) is 2.45. The van der Waals surface area contributed by atoms with Gasteiger partial charge in [0.05, 0.1) is 5.69 Å². The fraction of sp³-hybridized carbons (Fsp3) is 0.154. The van der Waals surface area contributed by atoms with Gasteiger partial charge in [0.15, 0.2) is 0 Å². The molecular weight excluding hydrogens is 286 g/mol. The number of benzene rings is 1. The predicted molar refractivity (Wildman–Crippen MR) is 72.1 cm³/mol. The third-order valence-corrected chi connectivity index (χ3v) is 3.20. The molecule has 0 amide bonds. The molecule has 0 radical (unpaired) electrons. The largest absolute Gasteiger partial charge is 0.253 e. The van der Waals surface area contributed by atoms with Crippen molar-refractivity contribution in [1.29, 1.82) is 0 Å². The van der Waals surface area contributed by atoms with Crippen LogP contribution in [0.25, 0.3) is 11.3 Å². The van der Waals surface area contributed by atoms with Crippen LogP contribution in [0.1, 0.15) is 11.3 Å². The molecule has 1 heterocycles. The monoisotopic (exact) mass is 295 g/mol. The minimum absolute atomic E-state index is 0.737. The summed E-state index contributed by atoms with van der Waals surface area (Å²) in [5.41, 5.74) is 4.25. The second-order valence-electron chi connectivity index (χ2n) is 3.60. The van der Waals surface area contributed by atoms with Gasteiger partial charge in [0.1, 0.15) is 0 Å². The zero-order valence-electron chi connectivity index (χ0n) is 8.87. The zero-order valence-corrected chi connectivity index (χ0v) is 11.2. The topological polar surface area (TPSA) is 12.9 Å². The van der Waals surface area contributed by atoms with E-state index in [2.05, 4.69) is 27.0 Å². The van der Waals surface area contributed by atoms with E-state index in [1.165, 1.54) is 5.56 Å². The van der Waals surface area contributed by atoms with Gasteiger partial charge in [-0.2, -0.15) is 0 Å². The second-order valence-corrected chi connectivity index (χ2v) is 4.60. The Kier molecular flexibility index (Phi) is 3.62. The molecule has 0 atom stereocenters. The maximum absolute atomic E-state index is 5.99. The Bertz CT molecular complexity index is 511. The van der Waals surface area contributed by atoms with E-state index in [9.17, 15) is 0 Å². The Morgan fingerprint density at radius 2 is 2.06 bits per heavy atom. The Morgan fingerprint density at radius 1 is 1.25 bits per heavy atom. The first-order valence-electron chi connectivity index (χ1n) is 4.99. The highest BCUT2D eigenvalue weighted by atomic mass is 79.9. The zero-order chi connectivity index (χ0) is 11.5. The van der Waals surface area contributed by atoms with E-state index in [1.807, 2.05) is 37.3 Å². The summed E-state index contributed by atoms with van der Waals surface area (Å²) < 4.78 is 0. The molecule has 16 heavy (non-hydrogen) atoms. The van der Waals surface area contributed by atoms with Gasteiger partial charge in [0, 0.05) is 21.6 Å². The molecule has 2 aromatic rings. The van der Waals surface area contributed by atoms with Gasteiger partial charge in [-0.1, -0.05) is 45.7 Å². The summed E-state index contributed by atoms with van der Waals surface area (Å²) in [6.45, 7) is 1.99. The van der Waals surface area contributed by atoms with Crippen molar-refractivity contribution in [3.05, 3.63) is 52.7 Å². The number of nitrogens with zero attached hydrogens (tertiary/aromatic N) is 1. The number of hydrogen-bond donors (Lipinski definition) is 0. The summed E-state index contributed by atoms with van der Waals surface area (Å²) in [4.78, 5) is 4.57. The molecule has 1 aromatic heterocycles. The first-order valence-corrected chi connectivity index (χ1v) is 6.49. The van der Waals surface area contributed by atoms with Crippen LogP contribution in [-0.4, -0.2) is 4.98 Å². The number of pyridine rings is 1. The molecule has 82 valence electrons. The quantitative estimate of drug-likeness (QED) is 0.738. The molecule has 0 bridgehead atoms. The standard InChI is InChI=1S/C13H11BrClN/c1-9-5-6-11(8-14)13(16-9)10-3-2-4-12(15)7-10/h2-7H,8H2,1H3. The van der Waals surface area contributed by atoms with E-state index < -0.39 is 0 Å². The van der Waals surface area contributed by atoms with E-state index in [0.29, 0.717) is 0 Å². The van der Waals surface area contributed by atoms with Gasteiger partial charge in [-0.3, -0.25) is 4.98 Å². The molecule has 0 saturated carbocycles. The second kappa shape index (κ2) is 4.98. The molecule has 1 aromatic carbocycles. The summed E-state index contributed by atoms with van der Waals surface area (Å²) >= 11 is 9.47. The molecule has 1 nitrogen and oxygen atoms in total. The van der Waals surface area contributed by atoms with Crippen LogP contribution in [0.2, 0.25) is 5.02 Å². The lowest BCUT2D eigenvalue weighted by atomic mass is 10.1. The lowest BCUT2D eigenvalue weighted by Crippen LogP contribution is -1.92. The van der Waals surface area contributed by atoms with Crippen molar-refractivity contribution in [3.63, 3.8) is 0 Å². The summed E-state index contributed by atoms with van der Waals surface area (Å²) in [5, 5.41) is 1.53. The molecule has 0 aliphatic heterocycles. The van der Waals surface area contributed by atoms with Gasteiger partial charge >= 0.3 is 0 Å². The van der Waals surface area contributed by atoms with Crippen LogP contribution in [0.15, 0.2) is 36.4 Å². The fourth-order valence-electron chi connectivity index (χ4n) is 1.58. The lowest BCUT2D eigenvalue weighted by Gasteiger charge is -2.07. The first-order chi connectivity index (χ1) is 7.70. The fourth-order valence-corrected chi connectivity index (χ4v) is 2.22. The smallest absolute Gasteiger partial charge is 0.0746 e. The van der Waals surface area contributed by atoms with Crippen molar-refractivity contribution in [2.24, 2.45) is 0 Å². The maximum Gasteiger partial charge on any atom is 0.0746 e. The van der Waals surface area contributed by atoms with E-state index in [-0.39, 0.29) is 0 Å². The van der Waals surface area contributed by atoms with Crippen LogP contribution in [0.5, 0.6) is 0 Å². The predicted octanol–water partition coefficient (Wildman–Crippen LogP) is 4.61. The van der Waals surface area contributed by atoms with Crippen molar-refractivity contribution in [2.45, 2.75) is 12.3 Å². The van der Waals surface area contributed by atoms with Crippen molar-refractivity contribution < 1.29 is 0 Å². The highest BCUT2D eigenvalue weighted by molar-refractivity contribution is 9.08. The van der Waals surface area contributed by atoms with Gasteiger partial charge in [-0.05, 0) is 30.7 Å². The van der Waals surface area contributed by atoms with Crippen molar-refractivity contribution in [1.82, 2.24) is 4.98 Å². The third-order valence-electron chi connectivity index (χ3n) is 2.36. The highest BCUT2D eigenvalue weighted by Crippen LogP contribution is 2.26. The highest BCUT2D eigenvalue weighted by Gasteiger charge is 2.06.